The molecule has 19 heavy (non-hydrogen) atoms. The van der Waals surface area contributed by atoms with Crippen LogP contribution in [0.25, 0.3) is 0 Å². The summed E-state index contributed by atoms with van der Waals surface area (Å²) in [6.45, 7) is 7.67. The lowest BCUT2D eigenvalue weighted by molar-refractivity contribution is 0.814. The highest BCUT2D eigenvalue weighted by Gasteiger charge is 2.14. The van der Waals surface area contributed by atoms with Crippen molar-refractivity contribution in [2.24, 2.45) is 0 Å². The zero-order valence-corrected chi connectivity index (χ0v) is 11.7. The van der Waals surface area contributed by atoms with Crippen LogP contribution in [0.5, 0.6) is 0 Å². The molecule has 0 saturated heterocycles. The van der Waals surface area contributed by atoms with Crippen LogP contribution < -0.4 is 10.9 Å². The first-order valence-corrected chi connectivity index (χ1v) is 6.38. The van der Waals surface area contributed by atoms with Crippen LogP contribution in [-0.2, 0) is 0 Å². The fourth-order valence-corrected chi connectivity index (χ4v) is 2.22. The van der Waals surface area contributed by atoms with Gasteiger partial charge in [0.2, 0.25) is 0 Å². The summed E-state index contributed by atoms with van der Waals surface area (Å²) in [7, 11) is 0. The number of rotatable bonds is 3. The largest absolute Gasteiger partial charge is 0.378 e. The smallest absolute Gasteiger partial charge is 0.256 e. The van der Waals surface area contributed by atoms with Gasteiger partial charge in [0.05, 0.1) is 17.3 Å². The predicted molar refractivity (Wildman–Crippen MR) is 77.5 cm³/mol. The van der Waals surface area contributed by atoms with Gasteiger partial charge in [0, 0.05) is 5.69 Å². The van der Waals surface area contributed by atoms with Crippen LogP contribution in [0.2, 0.25) is 0 Å². The third-order valence-electron chi connectivity index (χ3n) is 3.13. The van der Waals surface area contributed by atoms with E-state index in [1.165, 1.54) is 5.56 Å². The van der Waals surface area contributed by atoms with E-state index >= 15 is 0 Å². The van der Waals surface area contributed by atoms with Crippen molar-refractivity contribution in [3.8, 4) is 0 Å². The molecule has 0 saturated carbocycles. The highest BCUT2D eigenvalue weighted by molar-refractivity contribution is 5.46. The summed E-state index contributed by atoms with van der Waals surface area (Å²) in [5, 5.41) is 3.33. The summed E-state index contributed by atoms with van der Waals surface area (Å²) < 4.78 is 0. The van der Waals surface area contributed by atoms with E-state index in [2.05, 4.69) is 15.3 Å². The molecule has 4 heteroatoms. The van der Waals surface area contributed by atoms with Gasteiger partial charge in [-0.15, -0.1) is 0 Å². The first-order chi connectivity index (χ1) is 8.97. The molecule has 2 rings (SSSR count). The summed E-state index contributed by atoms with van der Waals surface area (Å²) in [5.74, 6) is 0.647. The lowest BCUT2D eigenvalue weighted by Gasteiger charge is -2.16. The molecule has 2 aromatic rings. The fourth-order valence-electron chi connectivity index (χ4n) is 2.22. The Kier molecular flexibility index (Phi) is 3.69. The molecule has 2 N–H and O–H groups in total. The summed E-state index contributed by atoms with van der Waals surface area (Å²) in [6.07, 6.45) is 0. The number of H-pyrrole nitrogens is 1. The van der Waals surface area contributed by atoms with Gasteiger partial charge in [0.1, 0.15) is 5.82 Å². The number of hydrogen-bond donors (Lipinski definition) is 2. The first-order valence-electron chi connectivity index (χ1n) is 6.38. The second-order valence-electron chi connectivity index (χ2n) is 4.88. The molecular formula is C15H19N3O. The third-order valence-corrected chi connectivity index (χ3v) is 3.13. The van der Waals surface area contributed by atoms with E-state index in [0.717, 1.165) is 11.4 Å². The molecule has 0 aliphatic carbocycles. The van der Waals surface area contributed by atoms with E-state index in [-0.39, 0.29) is 11.6 Å². The Hall–Kier alpha value is -2.10. The number of aryl methyl sites for hydroxylation is 3. The van der Waals surface area contributed by atoms with Crippen molar-refractivity contribution in [2.45, 2.75) is 33.7 Å². The molecule has 100 valence electrons. The Bertz CT molecular complexity index is 629. The minimum absolute atomic E-state index is 0.0721. The zero-order chi connectivity index (χ0) is 14.0. The molecule has 1 atom stereocenters. The number of nitrogens with one attached hydrogen (secondary N) is 2. The van der Waals surface area contributed by atoms with Gasteiger partial charge in [-0.1, -0.05) is 17.7 Å². The summed E-state index contributed by atoms with van der Waals surface area (Å²) in [5.41, 5.74) is 3.60. The second-order valence-corrected chi connectivity index (χ2v) is 4.88. The molecule has 0 spiro atoms. The Morgan fingerprint density at radius 2 is 1.79 bits per heavy atom. The lowest BCUT2D eigenvalue weighted by atomic mass is 10.1. The number of aromatic nitrogens is 2. The quantitative estimate of drug-likeness (QED) is 0.889. The molecule has 4 nitrogen and oxygen atoms in total. The van der Waals surface area contributed by atoms with E-state index in [4.69, 9.17) is 0 Å². The van der Waals surface area contributed by atoms with Crippen molar-refractivity contribution in [2.75, 3.05) is 5.32 Å². The van der Waals surface area contributed by atoms with Gasteiger partial charge in [-0.05, 0) is 39.8 Å². The molecule has 1 aromatic heterocycles. The molecule has 0 radical (unpaired) electrons. The molecule has 0 aliphatic heterocycles. The van der Waals surface area contributed by atoms with Crippen LogP contribution in [-0.4, -0.2) is 9.97 Å². The molecular weight excluding hydrogens is 238 g/mol. The molecule has 0 fully saturated rings. The fraction of sp³-hybridized carbons (Fsp3) is 0.333. The maximum atomic E-state index is 12.0. The third kappa shape index (κ3) is 3.02. The minimum atomic E-state index is -0.0837. The molecule has 1 aromatic carbocycles. The number of hydrogen-bond acceptors (Lipinski definition) is 3. The molecule has 1 unspecified atom stereocenters. The summed E-state index contributed by atoms with van der Waals surface area (Å²) >= 11 is 0. The lowest BCUT2D eigenvalue weighted by Crippen LogP contribution is -2.23. The van der Waals surface area contributed by atoms with E-state index in [1.54, 1.807) is 6.92 Å². The molecule has 0 aliphatic rings. The van der Waals surface area contributed by atoms with Crippen molar-refractivity contribution in [3.05, 3.63) is 57.3 Å². The average Bonchev–Trinajstić information content (AvgIpc) is 2.30. The van der Waals surface area contributed by atoms with Gasteiger partial charge in [0.15, 0.2) is 0 Å². The summed E-state index contributed by atoms with van der Waals surface area (Å²) in [4.78, 5) is 19.1. The highest BCUT2D eigenvalue weighted by Crippen LogP contribution is 2.18. The standard InChI is InChI=1S/C15H19N3O/c1-9-5-7-13(8-6-9)17-11(3)14-10(2)16-12(4)18-15(14)19/h5-8,11,17H,1-4H3,(H,16,18,19). The van der Waals surface area contributed by atoms with Crippen LogP contribution in [0.4, 0.5) is 5.69 Å². The van der Waals surface area contributed by atoms with Gasteiger partial charge >= 0.3 is 0 Å². The van der Waals surface area contributed by atoms with E-state index in [9.17, 15) is 4.79 Å². The number of nitrogens with zero attached hydrogens (tertiary/aromatic N) is 1. The first kappa shape index (κ1) is 13.3. The van der Waals surface area contributed by atoms with Crippen LogP contribution in [0.3, 0.4) is 0 Å². The van der Waals surface area contributed by atoms with Crippen LogP contribution in [0, 0.1) is 20.8 Å². The second kappa shape index (κ2) is 5.26. The van der Waals surface area contributed by atoms with E-state index in [0.29, 0.717) is 11.4 Å². The summed E-state index contributed by atoms with van der Waals surface area (Å²) in [6, 6.07) is 8.02. The Morgan fingerprint density at radius 1 is 1.16 bits per heavy atom. The van der Waals surface area contributed by atoms with Crippen molar-refractivity contribution < 1.29 is 0 Å². The van der Waals surface area contributed by atoms with Crippen LogP contribution in [0.15, 0.2) is 29.1 Å². The normalized spacial score (nSPS) is 12.2. The van der Waals surface area contributed by atoms with Gasteiger partial charge in [-0.3, -0.25) is 4.79 Å². The van der Waals surface area contributed by atoms with E-state index in [1.807, 2.05) is 45.0 Å². The Labute approximate surface area is 112 Å². The van der Waals surface area contributed by atoms with Crippen molar-refractivity contribution >= 4 is 5.69 Å². The maximum absolute atomic E-state index is 12.0. The van der Waals surface area contributed by atoms with Crippen LogP contribution in [0.1, 0.15) is 35.6 Å². The predicted octanol–water partition coefficient (Wildman–Crippen LogP) is 2.87. The Morgan fingerprint density at radius 3 is 2.37 bits per heavy atom. The molecule has 0 bridgehead atoms. The zero-order valence-electron chi connectivity index (χ0n) is 11.7. The monoisotopic (exact) mass is 257 g/mol. The number of benzene rings is 1. The minimum Gasteiger partial charge on any atom is -0.378 e. The maximum Gasteiger partial charge on any atom is 0.256 e. The Balaban J connectivity index is 2.27. The molecule has 0 amide bonds. The van der Waals surface area contributed by atoms with Gasteiger partial charge < -0.3 is 10.3 Å². The number of anilines is 1. The van der Waals surface area contributed by atoms with Crippen molar-refractivity contribution in [3.63, 3.8) is 0 Å². The van der Waals surface area contributed by atoms with Gasteiger partial charge in [0.25, 0.3) is 5.56 Å². The van der Waals surface area contributed by atoms with Gasteiger partial charge in [-0.2, -0.15) is 0 Å². The SMILES string of the molecule is Cc1ccc(NC(C)c2c(C)nc(C)[nH]c2=O)cc1. The highest BCUT2D eigenvalue weighted by atomic mass is 16.1. The van der Waals surface area contributed by atoms with Crippen molar-refractivity contribution in [1.29, 1.82) is 0 Å². The molecule has 1 heterocycles. The average molecular weight is 257 g/mol. The topological polar surface area (TPSA) is 57.8 Å². The number of aromatic amines is 1. The van der Waals surface area contributed by atoms with Gasteiger partial charge in [-0.25, -0.2) is 4.98 Å². The van der Waals surface area contributed by atoms with Crippen molar-refractivity contribution in [1.82, 2.24) is 9.97 Å². The van der Waals surface area contributed by atoms with Crippen LogP contribution >= 0.6 is 0 Å². The van der Waals surface area contributed by atoms with E-state index < -0.39 is 0 Å².